The Kier molecular flexibility index (Phi) is 5.10. The van der Waals surface area contributed by atoms with Crippen LogP contribution in [0.25, 0.3) is 0 Å². The molecule has 21 heavy (non-hydrogen) atoms. The van der Waals surface area contributed by atoms with E-state index in [0.29, 0.717) is 12.4 Å². The van der Waals surface area contributed by atoms with E-state index in [1.54, 1.807) is 24.3 Å². The van der Waals surface area contributed by atoms with Crippen LogP contribution in [0.1, 0.15) is 17.5 Å². The van der Waals surface area contributed by atoms with Gasteiger partial charge in [-0.15, -0.1) is 0 Å². The summed E-state index contributed by atoms with van der Waals surface area (Å²) in [5, 5.41) is 8.54. The second-order valence-corrected chi connectivity index (χ2v) is 4.70. The lowest BCUT2D eigenvalue weighted by Crippen LogP contribution is -2.09. The molecular formula is C17H16O4. The first-order valence-electron chi connectivity index (χ1n) is 6.62. The number of ketones is 1. The third kappa shape index (κ3) is 5.10. The lowest BCUT2D eigenvalue weighted by Gasteiger charge is -2.07. The summed E-state index contributed by atoms with van der Waals surface area (Å²) in [7, 11) is 0. The van der Waals surface area contributed by atoms with Crippen LogP contribution in [-0.2, 0) is 22.6 Å². The second kappa shape index (κ2) is 7.24. The van der Waals surface area contributed by atoms with Gasteiger partial charge in [0.2, 0.25) is 0 Å². The summed E-state index contributed by atoms with van der Waals surface area (Å²) in [4.78, 5) is 21.8. The Morgan fingerprint density at radius 1 is 0.905 bits per heavy atom. The van der Waals surface area contributed by atoms with Gasteiger partial charge in [0, 0.05) is 6.42 Å². The Morgan fingerprint density at radius 3 is 2.19 bits per heavy atom. The SMILES string of the molecule is O=C(O)CC(=O)Cc1ccc(OCc2ccccc2)cc1. The molecule has 0 saturated carbocycles. The normalized spacial score (nSPS) is 10.1. The van der Waals surface area contributed by atoms with Crippen molar-refractivity contribution in [2.75, 3.05) is 0 Å². The van der Waals surface area contributed by atoms with Crippen molar-refractivity contribution in [2.24, 2.45) is 0 Å². The Hall–Kier alpha value is -2.62. The van der Waals surface area contributed by atoms with Crippen molar-refractivity contribution in [3.05, 3.63) is 65.7 Å². The molecule has 0 fully saturated rings. The van der Waals surface area contributed by atoms with Crippen molar-refractivity contribution in [1.29, 1.82) is 0 Å². The number of carbonyl (C=O) groups excluding carboxylic acids is 1. The van der Waals surface area contributed by atoms with Gasteiger partial charge >= 0.3 is 5.97 Å². The van der Waals surface area contributed by atoms with Crippen LogP contribution in [0.2, 0.25) is 0 Å². The highest BCUT2D eigenvalue weighted by Gasteiger charge is 2.08. The summed E-state index contributed by atoms with van der Waals surface area (Å²) in [6.07, 6.45) is -0.308. The Balaban J connectivity index is 1.87. The first-order chi connectivity index (χ1) is 10.1. The van der Waals surface area contributed by atoms with Crippen molar-refractivity contribution in [1.82, 2.24) is 0 Å². The Morgan fingerprint density at radius 2 is 1.57 bits per heavy atom. The van der Waals surface area contributed by atoms with E-state index < -0.39 is 12.4 Å². The summed E-state index contributed by atoms with van der Waals surface area (Å²) < 4.78 is 5.64. The zero-order valence-corrected chi connectivity index (χ0v) is 11.5. The number of hydrogen-bond acceptors (Lipinski definition) is 3. The molecule has 1 N–H and O–H groups in total. The van der Waals surface area contributed by atoms with Crippen LogP contribution in [0.3, 0.4) is 0 Å². The first kappa shape index (κ1) is 14.8. The van der Waals surface area contributed by atoms with E-state index in [9.17, 15) is 9.59 Å². The summed E-state index contributed by atoms with van der Waals surface area (Å²) in [6.45, 7) is 0.484. The van der Waals surface area contributed by atoms with E-state index >= 15 is 0 Å². The third-order valence-corrected chi connectivity index (χ3v) is 2.92. The molecule has 0 atom stereocenters. The molecular weight excluding hydrogens is 268 g/mol. The fourth-order valence-corrected chi connectivity index (χ4v) is 1.90. The minimum atomic E-state index is -1.09. The number of benzene rings is 2. The van der Waals surface area contributed by atoms with Crippen molar-refractivity contribution >= 4 is 11.8 Å². The molecule has 0 spiro atoms. The zero-order valence-electron chi connectivity index (χ0n) is 11.5. The van der Waals surface area contributed by atoms with Crippen LogP contribution in [0.4, 0.5) is 0 Å². The summed E-state index contributed by atoms with van der Waals surface area (Å²) >= 11 is 0. The highest BCUT2D eigenvalue weighted by atomic mass is 16.5. The number of carboxylic acid groups (broad SMARTS) is 1. The van der Waals surface area contributed by atoms with Crippen LogP contribution in [0.5, 0.6) is 5.75 Å². The minimum Gasteiger partial charge on any atom is -0.489 e. The molecule has 4 nitrogen and oxygen atoms in total. The van der Waals surface area contributed by atoms with Crippen LogP contribution >= 0.6 is 0 Å². The van der Waals surface area contributed by atoms with Crippen LogP contribution in [0, 0.1) is 0 Å². The van der Waals surface area contributed by atoms with E-state index in [0.717, 1.165) is 11.1 Å². The lowest BCUT2D eigenvalue weighted by molar-refractivity contribution is -0.140. The number of carbonyl (C=O) groups is 2. The molecule has 0 unspecified atom stereocenters. The topological polar surface area (TPSA) is 63.6 Å². The van der Waals surface area contributed by atoms with E-state index in [-0.39, 0.29) is 12.2 Å². The minimum absolute atomic E-state index is 0.130. The van der Waals surface area contributed by atoms with E-state index in [1.807, 2.05) is 30.3 Å². The zero-order chi connectivity index (χ0) is 15.1. The Bertz CT molecular complexity index is 602. The molecule has 0 heterocycles. The van der Waals surface area contributed by atoms with Gasteiger partial charge in [-0.1, -0.05) is 42.5 Å². The monoisotopic (exact) mass is 284 g/mol. The van der Waals surface area contributed by atoms with E-state index in [2.05, 4.69) is 0 Å². The molecule has 2 aromatic carbocycles. The predicted octanol–water partition coefficient (Wildman–Crippen LogP) is 2.85. The molecule has 4 heteroatoms. The summed E-state index contributed by atoms with van der Waals surface area (Å²) in [6, 6.07) is 17.0. The predicted molar refractivity (Wildman–Crippen MR) is 78.2 cm³/mol. The average molecular weight is 284 g/mol. The molecule has 0 aliphatic carbocycles. The number of ether oxygens (including phenoxy) is 1. The molecule has 0 aromatic heterocycles. The third-order valence-electron chi connectivity index (χ3n) is 2.92. The standard InChI is InChI=1S/C17H16O4/c18-15(11-17(19)20)10-13-6-8-16(9-7-13)21-12-14-4-2-1-3-5-14/h1-9H,10-12H2,(H,19,20). The smallest absolute Gasteiger partial charge is 0.310 e. The van der Waals surface area contributed by atoms with Crippen LogP contribution < -0.4 is 4.74 Å². The van der Waals surface area contributed by atoms with Crippen molar-refractivity contribution in [3.8, 4) is 5.75 Å². The van der Waals surface area contributed by atoms with Gasteiger partial charge < -0.3 is 9.84 Å². The summed E-state index contributed by atoms with van der Waals surface area (Å²) in [5.41, 5.74) is 1.87. The van der Waals surface area contributed by atoms with Gasteiger partial charge in [-0.3, -0.25) is 9.59 Å². The number of Topliss-reactive ketones (excluding diaryl/α,β-unsaturated/α-hetero) is 1. The fourth-order valence-electron chi connectivity index (χ4n) is 1.90. The molecule has 0 radical (unpaired) electrons. The molecule has 0 aliphatic heterocycles. The molecule has 2 rings (SSSR count). The number of hydrogen-bond donors (Lipinski definition) is 1. The number of carboxylic acids is 1. The molecule has 0 bridgehead atoms. The van der Waals surface area contributed by atoms with Gasteiger partial charge in [0.15, 0.2) is 0 Å². The van der Waals surface area contributed by atoms with Gasteiger partial charge in [0.05, 0.1) is 0 Å². The highest BCUT2D eigenvalue weighted by Crippen LogP contribution is 2.15. The fraction of sp³-hybridized carbons (Fsp3) is 0.176. The van der Waals surface area contributed by atoms with Crippen LogP contribution in [-0.4, -0.2) is 16.9 Å². The van der Waals surface area contributed by atoms with E-state index in [4.69, 9.17) is 9.84 Å². The molecule has 0 amide bonds. The molecule has 0 saturated heterocycles. The lowest BCUT2D eigenvalue weighted by atomic mass is 10.1. The quantitative estimate of drug-likeness (QED) is 0.794. The Labute approximate surface area is 123 Å². The number of aliphatic carboxylic acids is 1. The summed E-state index contributed by atoms with van der Waals surface area (Å²) in [5.74, 6) is -0.684. The van der Waals surface area contributed by atoms with Crippen molar-refractivity contribution in [3.63, 3.8) is 0 Å². The molecule has 0 aliphatic rings. The number of rotatable bonds is 7. The van der Waals surface area contributed by atoms with Gasteiger partial charge in [0.1, 0.15) is 24.6 Å². The maximum atomic E-state index is 11.4. The highest BCUT2D eigenvalue weighted by molar-refractivity contribution is 5.95. The van der Waals surface area contributed by atoms with Crippen molar-refractivity contribution < 1.29 is 19.4 Å². The molecule has 108 valence electrons. The average Bonchev–Trinajstić information content (AvgIpc) is 2.47. The molecule has 2 aromatic rings. The van der Waals surface area contributed by atoms with Gasteiger partial charge in [-0.05, 0) is 23.3 Å². The second-order valence-electron chi connectivity index (χ2n) is 4.70. The van der Waals surface area contributed by atoms with Gasteiger partial charge in [-0.2, -0.15) is 0 Å². The van der Waals surface area contributed by atoms with Gasteiger partial charge in [-0.25, -0.2) is 0 Å². The van der Waals surface area contributed by atoms with Gasteiger partial charge in [0.25, 0.3) is 0 Å². The maximum absolute atomic E-state index is 11.4. The van der Waals surface area contributed by atoms with Crippen LogP contribution in [0.15, 0.2) is 54.6 Å². The first-order valence-corrected chi connectivity index (χ1v) is 6.62. The maximum Gasteiger partial charge on any atom is 0.310 e. The van der Waals surface area contributed by atoms with E-state index in [1.165, 1.54) is 0 Å². The van der Waals surface area contributed by atoms with Crippen molar-refractivity contribution in [2.45, 2.75) is 19.4 Å². The largest absolute Gasteiger partial charge is 0.489 e.